The number of rotatable bonds is 11. The van der Waals surface area contributed by atoms with E-state index in [4.69, 9.17) is 0 Å². The molecule has 0 aliphatic heterocycles. The predicted molar refractivity (Wildman–Crippen MR) is 140 cm³/mol. The van der Waals surface area contributed by atoms with E-state index in [2.05, 4.69) is 42.8 Å². The molecule has 2 amide bonds. The summed E-state index contributed by atoms with van der Waals surface area (Å²) in [5.41, 5.74) is 3.31. The van der Waals surface area contributed by atoms with Gasteiger partial charge in [-0.15, -0.1) is 0 Å². The minimum absolute atomic E-state index is 0.0158. The normalized spacial score (nSPS) is 13.3. The summed E-state index contributed by atoms with van der Waals surface area (Å²) in [6.07, 6.45) is 7.52. The number of aromatic nitrogens is 1. The van der Waals surface area contributed by atoms with Crippen LogP contribution in [0.15, 0.2) is 85.1 Å². The van der Waals surface area contributed by atoms with Crippen LogP contribution in [0.1, 0.15) is 43.5 Å². The molecule has 182 valence electrons. The monoisotopic (exact) mass is 469 g/mol. The quantitative estimate of drug-likeness (QED) is 0.361. The SMILES string of the molecule is CC(C)CN(CC(=O)N(Cc1cccn1Cc1ccccc1)C1CC1)C(=O)/C=C/c1ccccc1. The Kier molecular flexibility index (Phi) is 8.19. The van der Waals surface area contributed by atoms with E-state index < -0.39 is 0 Å². The van der Waals surface area contributed by atoms with Gasteiger partial charge in [0.05, 0.1) is 6.54 Å². The summed E-state index contributed by atoms with van der Waals surface area (Å²) < 4.78 is 2.21. The van der Waals surface area contributed by atoms with Gasteiger partial charge in [0.1, 0.15) is 6.54 Å². The second kappa shape index (κ2) is 11.7. The predicted octanol–water partition coefficient (Wildman–Crippen LogP) is 5.23. The molecule has 1 heterocycles. The third kappa shape index (κ3) is 7.19. The molecule has 35 heavy (non-hydrogen) atoms. The lowest BCUT2D eigenvalue weighted by Crippen LogP contribution is -2.44. The maximum absolute atomic E-state index is 13.5. The maximum atomic E-state index is 13.5. The fourth-order valence-corrected chi connectivity index (χ4v) is 4.27. The molecule has 0 spiro atoms. The fraction of sp³-hybridized carbons (Fsp3) is 0.333. The number of amides is 2. The zero-order valence-electron chi connectivity index (χ0n) is 20.7. The largest absolute Gasteiger partial charge is 0.345 e. The molecule has 2 aromatic carbocycles. The van der Waals surface area contributed by atoms with E-state index in [1.165, 1.54) is 5.56 Å². The Morgan fingerprint density at radius 3 is 2.31 bits per heavy atom. The lowest BCUT2D eigenvalue weighted by molar-refractivity contribution is -0.139. The Bertz CT molecular complexity index is 1130. The summed E-state index contributed by atoms with van der Waals surface area (Å²) in [6, 6.07) is 24.5. The summed E-state index contributed by atoms with van der Waals surface area (Å²) in [4.78, 5) is 30.2. The molecule has 0 N–H and O–H groups in total. The van der Waals surface area contributed by atoms with Gasteiger partial charge in [0.2, 0.25) is 11.8 Å². The smallest absolute Gasteiger partial charge is 0.247 e. The van der Waals surface area contributed by atoms with Crippen molar-refractivity contribution in [1.29, 1.82) is 0 Å². The van der Waals surface area contributed by atoms with Gasteiger partial charge in [0.25, 0.3) is 0 Å². The highest BCUT2D eigenvalue weighted by atomic mass is 16.2. The molecular weight excluding hydrogens is 434 g/mol. The molecule has 1 saturated carbocycles. The molecule has 1 aliphatic rings. The summed E-state index contributed by atoms with van der Waals surface area (Å²) in [5, 5.41) is 0. The number of hydrogen-bond acceptors (Lipinski definition) is 2. The van der Waals surface area contributed by atoms with Crippen LogP contribution in [0, 0.1) is 5.92 Å². The second-order valence-electron chi connectivity index (χ2n) is 9.72. The third-order valence-electron chi connectivity index (χ3n) is 6.20. The Hall–Kier alpha value is -3.60. The van der Waals surface area contributed by atoms with Gasteiger partial charge in [-0.3, -0.25) is 9.59 Å². The molecule has 0 atom stereocenters. The van der Waals surface area contributed by atoms with Crippen LogP contribution in [0.3, 0.4) is 0 Å². The average molecular weight is 470 g/mol. The average Bonchev–Trinajstić information content (AvgIpc) is 3.61. The van der Waals surface area contributed by atoms with Crippen LogP contribution >= 0.6 is 0 Å². The van der Waals surface area contributed by atoms with E-state index in [1.54, 1.807) is 11.0 Å². The standard InChI is InChI=1S/C30H35N3O2/c1-24(2)20-32(29(34)18-15-25-10-5-3-6-11-25)23-30(35)33(27-16-17-27)22-28-14-9-19-31(28)21-26-12-7-4-8-13-26/h3-15,18-19,24,27H,16-17,20-23H2,1-2H3/b18-15+. The molecule has 5 heteroatoms. The van der Waals surface area contributed by atoms with Gasteiger partial charge < -0.3 is 14.4 Å². The molecule has 0 unspecified atom stereocenters. The Morgan fingerprint density at radius 2 is 1.66 bits per heavy atom. The van der Waals surface area contributed by atoms with Crippen LogP contribution in [0.2, 0.25) is 0 Å². The zero-order chi connectivity index (χ0) is 24.6. The van der Waals surface area contributed by atoms with E-state index in [-0.39, 0.29) is 30.3 Å². The van der Waals surface area contributed by atoms with Crippen molar-refractivity contribution in [3.05, 3.63) is 102 Å². The van der Waals surface area contributed by atoms with Gasteiger partial charge in [-0.05, 0) is 48.1 Å². The lowest BCUT2D eigenvalue weighted by Gasteiger charge is -2.28. The van der Waals surface area contributed by atoms with Crippen LogP contribution in [-0.4, -0.2) is 45.3 Å². The lowest BCUT2D eigenvalue weighted by atomic mass is 10.2. The van der Waals surface area contributed by atoms with E-state index in [0.29, 0.717) is 13.1 Å². The molecule has 1 aliphatic carbocycles. The van der Waals surface area contributed by atoms with Gasteiger partial charge in [-0.2, -0.15) is 0 Å². The molecular formula is C30H35N3O2. The second-order valence-corrected chi connectivity index (χ2v) is 9.72. The molecule has 0 saturated heterocycles. The van der Waals surface area contributed by atoms with Gasteiger partial charge in [0.15, 0.2) is 0 Å². The van der Waals surface area contributed by atoms with Crippen molar-refractivity contribution < 1.29 is 9.59 Å². The van der Waals surface area contributed by atoms with Crippen LogP contribution in [0.4, 0.5) is 0 Å². The van der Waals surface area contributed by atoms with E-state index in [1.807, 2.05) is 65.6 Å². The molecule has 3 aromatic rings. The van der Waals surface area contributed by atoms with Gasteiger partial charge in [0, 0.05) is 37.1 Å². The van der Waals surface area contributed by atoms with Crippen molar-refractivity contribution in [2.45, 2.75) is 45.8 Å². The number of benzene rings is 2. The Balaban J connectivity index is 1.45. The highest BCUT2D eigenvalue weighted by Gasteiger charge is 2.34. The highest BCUT2D eigenvalue weighted by molar-refractivity contribution is 5.94. The minimum Gasteiger partial charge on any atom is -0.345 e. The molecule has 0 bridgehead atoms. The molecule has 4 rings (SSSR count). The van der Waals surface area contributed by atoms with Crippen LogP contribution in [-0.2, 0) is 22.7 Å². The number of nitrogens with zero attached hydrogens (tertiary/aromatic N) is 3. The first-order valence-electron chi connectivity index (χ1n) is 12.5. The first-order chi connectivity index (χ1) is 17.0. The van der Waals surface area contributed by atoms with Crippen molar-refractivity contribution in [3.63, 3.8) is 0 Å². The van der Waals surface area contributed by atoms with E-state index in [9.17, 15) is 9.59 Å². The molecule has 1 fully saturated rings. The molecule has 5 nitrogen and oxygen atoms in total. The van der Waals surface area contributed by atoms with Gasteiger partial charge >= 0.3 is 0 Å². The third-order valence-corrected chi connectivity index (χ3v) is 6.20. The van der Waals surface area contributed by atoms with Crippen LogP contribution < -0.4 is 0 Å². The van der Waals surface area contributed by atoms with Crippen molar-refractivity contribution in [2.24, 2.45) is 5.92 Å². The van der Waals surface area contributed by atoms with E-state index in [0.717, 1.165) is 30.6 Å². The zero-order valence-corrected chi connectivity index (χ0v) is 20.7. The highest BCUT2D eigenvalue weighted by Crippen LogP contribution is 2.29. The summed E-state index contributed by atoms with van der Waals surface area (Å²) >= 11 is 0. The van der Waals surface area contributed by atoms with Crippen LogP contribution in [0.5, 0.6) is 0 Å². The maximum Gasteiger partial charge on any atom is 0.247 e. The topological polar surface area (TPSA) is 45.6 Å². The number of hydrogen-bond donors (Lipinski definition) is 0. The van der Waals surface area contributed by atoms with Crippen LogP contribution in [0.25, 0.3) is 6.08 Å². The Morgan fingerprint density at radius 1 is 0.971 bits per heavy atom. The first-order valence-corrected chi connectivity index (χ1v) is 12.5. The van der Waals surface area contributed by atoms with Gasteiger partial charge in [-0.25, -0.2) is 0 Å². The van der Waals surface area contributed by atoms with Gasteiger partial charge in [-0.1, -0.05) is 74.5 Å². The summed E-state index contributed by atoms with van der Waals surface area (Å²) in [7, 11) is 0. The summed E-state index contributed by atoms with van der Waals surface area (Å²) in [5.74, 6) is 0.163. The van der Waals surface area contributed by atoms with Crippen molar-refractivity contribution in [1.82, 2.24) is 14.4 Å². The fourth-order valence-electron chi connectivity index (χ4n) is 4.27. The van der Waals surface area contributed by atoms with Crippen molar-refractivity contribution in [3.8, 4) is 0 Å². The number of carbonyl (C=O) groups is 2. The molecule has 0 radical (unpaired) electrons. The van der Waals surface area contributed by atoms with Crippen molar-refractivity contribution >= 4 is 17.9 Å². The van der Waals surface area contributed by atoms with Crippen molar-refractivity contribution in [2.75, 3.05) is 13.1 Å². The first kappa shape index (κ1) is 24.5. The Labute approximate surface area is 208 Å². The number of carbonyl (C=O) groups excluding carboxylic acids is 2. The minimum atomic E-state index is -0.126. The van der Waals surface area contributed by atoms with E-state index >= 15 is 0 Å². The summed E-state index contributed by atoms with van der Waals surface area (Å²) in [6.45, 7) is 6.13. The molecule has 1 aromatic heterocycles.